The van der Waals surface area contributed by atoms with E-state index in [1.807, 2.05) is 55.5 Å². The van der Waals surface area contributed by atoms with E-state index in [9.17, 15) is 13.2 Å². The molecule has 4 rings (SSSR count). The zero-order valence-electron chi connectivity index (χ0n) is 18.1. The molecule has 0 heterocycles. The molecular formula is C26H24N2O4S. The van der Waals surface area contributed by atoms with Crippen molar-refractivity contribution in [2.45, 2.75) is 24.3 Å². The first kappa shape index (κ1) is 22.4. The van der Waals surface area contributed by atoms with Gasteiger partial charge in [-0.3, -0.25) is 9.52 Å². The number of ether oxygens (including phenoxy) is 1. The second-order valence-electron chi connectivity index (χ2n) is 7.47. The Morgan fingerprint density at radius 2 is 1.52 bits per heavy atom. The smallest absolute Gasteiger partial charge is 0.265 e. The average Bonchev–Trinajstić information content (AvgIpc) is 2.83. The number of carbonyl (C=O) groups is 1. The molecule has 0 aliphatic heterocycles. The van der Waals surface area contributed by atoms with Crippen molar-refractivity contribution in [1.29, 1.82) is 0 Å². The summed E-state index contributed by atoms with van der Waals surface area (Å²) in [6.07, 6.45) is -0.175. The second kappa shape index (κ2) is 9.75. The molecule has 0 fully saturated rings. The van der Waals surface area contributed by atoms with Gasteiger partial charge in [0.15, 0.2) is 6.10 Å². The predicted octanol–water partition coefficient (Wildman–Crippen LogP) is 5.44. The normalized spacial score (nSPS) is 12.2. The van der Waals surface area contributed by atoms with Crippen LogP contribution in [0.25, 0.3) is 10.8 Å². The molecule has 0 aliphatic carbocycles. The van der Waals surface area contributed by atoms with Crippen LogP contribution in [0, 0.1) is 0 Å². The number of fused-ring (bicyclic) bond motifs is 1. The Morgan fingerprint density at radius 1 is 0.848 bits per heavy atom. The van der Waals surface area contributed by atoms with Gasteiger partial charge < -0.3 is 10.1 Å². The highest BCUT2D eigenvalue weighted by atomic mass is 32.2. The molecule has 33 heavy (non-hydrogen) atoms. The molecule has 0 unspecified atom stereocenters. The van der Waals surface area contributed by atoms with Crippen LogP contribution >= 0.6 is 0 Å². The molecule has 0 bridgehead atoms. The van der Waals surface area contributed by atoms with E-state index in [1.54, 1.807) is 36.4 Å². The minimum absolute atomic E-state index is 0.0982. The summed E-state index contributed by atoms with van der Waals surface area (Å²) in [6.45, 7) is 1.86. The van der Waals surface area contributed by atoms with E-state index in [0.29, 0.717) is 23.5 Å². The van der Waals surface area contributed by atoms with E-state index >= 15 is 0 Å². The Kier molecular flexibility index (Phi) is 6.60. The van der Waals surface area contributed by atoms with Gasteiger partial charge >= 0.3 is 0 Å². The number of carbonyl (C=O) groups excluding carboxylic acids is 1. The summed E-state index contributed by atoms with van der Waals surface area (Å²) in [4.78, 5) is 12.7. The fourth-order valence-corrected chi connectivity index (χ4v) is 4.52. The number of benzene rings is 4. The number of hydrogen-bond acceptors (Lipinski definition) is 4. The van der Waals surface area contributed by atoms with E-state index in [1.165, 1.54) is 12.1 Å². The predicted molar refractivity (Wildman–Crippen MR) is 131 cm³/mol. The number of sulfonamides is 1. The van der Waals surface area contributed by atoms with Crippen molar-refractivity contribution in [1.82, 2.24) is 0 Å². The van der Waals surface area contributed by atoms with Crippen molar-refractivity contribution in [3.8, 4) is 5.75 Å². The summed E-state index contributed by atoms with van der Waals surface area (Å²) >= 11 is 0. The van der Waals surface area contributed by atoms with E-state index in [0.717, 1.165) is 10.8 Å². The van der Waals surface area contributed by atoms with Crippen molar-refractivity contribution in [3.05, 3.63) is 97.1 Å². The average molecular weight is 461 g/mol. The van der Waals surface area contributed by atoms with Crippen LogP contribution in [-0.2, 0) is 14.8 Å². The van der Waals surface area contributed by atoms with E-state index in [4.69, 9.17) is 4.74 Å². The number of hydrogen-bond donors (Lipinski definition) is 2. The lowest BCUT2D eigenvalue weighted by atomic mass is 10.1. The standard InChI is InChI=1S/C26H24N2O4S/c1-2-25(32-21-11-4-3-5-12-21)26(29)27-20-15-17-22(18-16-20)33(30,31)28-24-14-8-10-19-9-6-7-13-23(19)24/h3-18,25,28H,2H2,1H3,(H,27,29)/t25-/m0/s1. The second-order valence-corrected chi connectivity index (χ2v) is 9.16. The van der Waals surface area contributed by atoms with Crippen molar-refractivity contribution in [2.75, 3.05) is 10.0 Å². The molecule has 1 atom stereocenters. The zero-order chi connectivity index (χ0) is 23.3. The molecule has 0 aromatic heterocycles. The van der Waals surface area contributed by atoms with Gasteiger partial charge in [-0.2, -0.15) is 0 Å². The maximum Gasteiger partial charge on any atom is 0.265 e. The Bertz CT molecular complexity index is 1350. The van der Waals surface area contributed by atoms with Crippen LogP contribution in [0.15, 0.2) is 102 Å². The largest absolute Gasteiger partial charge is 0.481 e. The third kappa shape index (κ3) is 5.32. The van der Waals surface area contributed by atoms with Gasteiger partial charge in [0.05, 0.1) is 10.6 Å². The quantitative estimate of drug-likeness (QED) is 0.367. The van der Waals surface area contributed by atoms with Gasteiger partial charge in [-0.05, 0) is 54.3 Å². The molecule has 7 heteroatoms. The number of nitrogens with one attached hydrogen (secondary N) is 2. The highest BCUT2D eigenvalue weighted by molar-refractivity contribution is 7.92. The molecule has 6 nitrogen and oxygen atoms in total. The van der Waals surface area contributed by atoms with Gasteiger partial charge in [0.25, 0.3) is 15.9 Å². The lowest BCUT2D eigenvalue weighted by molar-refractivity contribution is -0.122. The molecule has 2 N–H and O–H groups in total. The Morgan fingerprint density at radius 3 is 2.24 bits per heavy atom. The first-order chi connectivity index (χ1) is 16.0. The third-order valence-corrected chi connectivity index (χ3v) is 6.53. The summed E-state index contributed by atoms with van der Waals surface area (Å²) < 4.78 is 34.3. The summed E-state index contributed by atoms with van der Waals surface area (Å²) in [7, 11) is -3.80. The lowest BCUT2D eigenvalue weighted by Crippen LogP contribution is -2.32. The van der Waals surface area contributed by atoms with Crippen molar-refractivity contribution in [2.24, 2.45) is 0 Å². The maximum atomic E-state index is 12.9. The molecule has 4 aromatic carbocycles. The fourth-order valence-electron chi connectivity index (χ4n) is 3.44. The van der Waals surface area contributed by atoms with Crippen molar-refractivity contribution in [3.63, 3.8) is 0 Å². The van der Waals surface area contributed by atoms with Crippen LogP contribution in [0.3, 0.4) is 0 Å². The molecule has 1 amide bonds. The van der Waals surface area contributed by atoms with Crippen LogP contribution in [0.5, 0.6) is 5.75 Å². The summed E-state index contributed by atoms with van der Waals surface area (Å²) in [6, 6.07) is 28.2. The SMILES string of the molecule is CC[C@H](Oc1ccccc1)C(=O)Nc1ccc(S(=O)(=O)Nc2cccc3ccccc23)cc1. The molecule has 0 aliphatic rings. The molecule has 4 aromatic rings. The lowest BCUT2D eigenvalue weighted by Gasteiger charge is -2.17. The minimum Gasteiger partial charge on any atom is -0.481 e. The van der Waals surface area contributed by atoms with Crippen LogP contribution < -0.4 is 14.8 Å². The molecule has 0 spiro atoms. The molecule has 0 saturated heterocycles. The number of anilines is 2. The van der Waals surface area contributed by atoms with Crippen LogP contribution in [0.1, 0.15) is 13.3 Å². The van der Waals surface area contributed by atoms with Crippen LogP contribution in [0.4, 0.5) is 11.4 Å². The monoisotopic (exact) mass is 460 g/mol. The topological polar surface area (TPSA) is 84.5 Å². The minimum atomic E-state index is -3.80. The van der Waals surface area contributed by atoms with Gasteiger partial charge in [0.1, 0.15) is 5.75 Å². The zero-order valence-corrected chi connectivity index (χ0v) is 18.9. The van der Waals surface area contributed by atoms with Crippen molar-refractivity contribution >= 4 is 38.1 Å². The summed E-state index contributed by atoms with van der Waals surface area (Å²) in [5.41, 5.74) is 0.994. The first-order valence-corrected chi connectivity index (χ1v) is 12.1. The molecular weight excluding hydrogens is 436 g/mol. The van der Waals surface area contributed by atoms with Crippen LogP contribution in [-0.4, -0.2) is 20.4 Å². The number of rotatable bonds is 8. The van der Waals surface area contributed by atoms with Gasteiger partial charge in [-0.1, -0.05) is 61.5 Å². The van der Waals surface area contributed by atoms with Crippen molar-refractivity contribution < 1.29 is 17.9 Å². The van der Waals surface area contributed by atoms with Gasteiger partial charge in [-0.25, -0.2) is 8.42 Å². The van der Waals surface area contributed by atoms with Gasteiger partial charge in [0, 0.05) is 11.1 Å². The highest BCUT2D eigenvalue weighted by Gasteiger charge is 2.20. The Hall–Kier alpha value is -3.84. The number of amides is 1. The summed E-state index contributed by atoms with van der Waals surface area (Å²) in [5.74, 6) is 0.311. The van der Waals surface area contributed by atoms with Crippen LogP contribution in [0.2, 0.25) is 0 Å². The van der Waals surface area contributed by atoms with Gasteiger partial charge in [0.2, 0.25) is 0 Å². The third-order valence-electron chi connectivity index (χ3n) is 5.15. The highest BCUT2D eigenvalue weighted by Crippen LogP contribution is 2.26. The van der Waals surface area contributed by atoms with Gasteiger partial charge in [-0.15, -0.1) is 0 Å². The van der Waals surface area contributed by atoms with E-state index in [2.05, 4.69) is 10.0 Å². The first-order valence-electron chi connectivity index (χ1n) is 10.6. The number of para-hydroxylation sites is 1. The fraction of sp³-hybridized carbons (Fsp3) is 0.115. The van der Waals surface area contributed by atoms with E-state index in [-0.39, 0.29) is 10.8 Å². The Balaban J connectivity index is 1.46. The maximum absolute atomic E-state index is 12.9. The molecule has 168 valence electrons. The molecule has 0 radical (unpaired) electrons. The van der Waals surface area contributed by atoms with E-state index < -0.39 is 16.1 Å². The molecule has 0 saturated carbocycles. The summed E-state index contributed by atoms with van der Waals surface area (Å²) in [5, 5.41) is 4.55. The Labute approximate surface area is 193 Å².